The van der Waals surface area contributed by atoms with E-state index in [0.717, 1.165) is 26.4 Å². The molecule has 176 valence electrons. The highest BCUT2D eigenvalue weighted by Crippen LogP contribution is 2.35. The molecule has 4 aromatic rings. The second-order valence-corrected chi connectivity index (χ2v) is 9.74. The first kappa shape index (κ1) is 22.9. The number of carbonyl (C=O) groups excluding carboxylic acids is 3. The van der Waals surface area contributed by atoms with Crippen molar-refractivity contribution in [3.05, 3.63) is 83.7 Å². The van der Waals surface area contributed by atoms with Crippen LogP contribution in [0.25, 0.3) is 10.2 Å². The average molecular weight is 485 g/mol. The van der Waals surface area contributed by atoms with E-state index in [1.165, 1.54) is 11.3 Å². The van der Waals surface area contributed by atoms with E-state index in [2.05, 4.69) is 24.9 Å². The van der Waals surface area contributed by atoms with Gasteiger partial charge < -0.3 is 0 Å². The van der Waals surface area contributed by atoms with Crippen LogP contribution in [0.2, 0.25) is 0 Å². The van der Waals surface area contributed by atoms with Crippen molar-refractivity contribution in [1.29, 1.82) is 0 Å². The lowest BCUT2D eigenvalue weighted by molar-refractivity contribution is -0.121. The van der Waals surface area contributed by atoms with E-state index < -0.39 is 0 Å². The van der Waals surface area contributed by atoms with Crippen LogP contribution in [0.15, 0.2) is 66.9 Å². The number of benzene rings is 2. The molecule has 0 unspecified atom stereocenters. The van der Waals surface area contributed by atoms with Gasteiger partial charge in [0, 0.05) is 24.6 Å². The van der Waals surface area contributed by atoms with Crippen LogP contribution in [0.3, 0.4) is 0 Å². The zero-order valence-electron chi connectivity index (χ0n) is 19.5. The molecule has 0 radical (unpaired) electrons. The van der Waals surface area contributed by atoms with Gasteiger partial charge in [0.25, 0.3) is 5.91 Å². The molecule has 8 heteroatoms. The largest absolute Gasteiger partial charge is 0.278 e. The Balaban J connectivity index is 1.57. The Kier molecular flexibility index (Phi) is 6.13. The maximum absolute atomic E-state index is 13.9. The van der Waals surface area contributed by atoms with Gasteiger partial charge in [0.05, 0.1) is 28.1 Å². The molecule has 3 heterocycles. The topological polar surface area (TPSA) is 83.5 Å². The number of aromatic nitrogens is 2. The Hall–Kier alpha value is -3.91. The highest BCUT2D eigenvalue weighted by molar-refractivity contribution is 7.22. The lowest BCUT2D eigenvalue weighted by Gasteiger charge is -2.21. The molecule has 7 nitrogen and oxygen atoms in total. The third kappa shape index (κ3) is 4.44. The second-order valence-electron chi connectivity index (χ2n) is 8.73. The molecule has 3 amide bonds. The lowest BCUT2D eigenvalue weighted by atomic mass is 10.0. The molecule has 0 spiro atoms. The third-order valence-electron chi connectivity index (χ3n) is 5.99. The number of pyridine rings is 1. The molecule has 1 aliphatic rings. The summed E-state index contributed by atoms with van der Waals surface area (Å²) in [6, 6.07) is 18.3. The summed E-state index contributed by atoms with van der Waals surface area (Å²) in [5.41, 5.74) is 3.53. The van der Waals surface area contributed by atoms with Crippen molar-refractivity contribution in [3.63, 3.8) is 0 Å². The maximum Gasteiger partial charge on any atom is 0.260 e. The van der Waals surface area contributed by atoms with Gasteiger partial charge in [-0.15, -0.1) is 0 Å². The van der Waals surface area contributed by atoms with Gasteiger partial charge >= 0.3 is 0 Å². The minimum absolute atomic E-state index is 0.187. The molecule has 5 rings (SSSR count). The van der Waals surface area contributed by atoms with E-state index in [1.54, 1.807) is 35.4 Å². The number of nitrogens with zero attached hydrogens (tertiary/aromatic N) is 4. The first-order chi connectivity index (χ1) is 16.9. The fraction of sp³-hybridized carbons (Fsp3) is 0.222. The Morgan fingerprint density at radius 2 is 1.80 bits per heavy atom. The van der Waals surface area contributed by atoms with Gasteiger partial charge in [0.1, 0.15) is 0 Å². The fourth-order valence-corrected chi connectivity index (χ4v) is 5.22. The normalized spacial score (nSPS) is 13.7. The zero-order valence-corrected chi connectivity index (χ0v) is 20.3. The lowest BCUT2D eigenvalue weighted by Crippen LogP contribution is -2.32. The molecule has 0 atom stereocenters. The van der Waals surface area contributed by atoms with Crippen molar-refractivity contribution < 1.29 is 14.4 Å². The minimum Gasteiger partial charge on any atom is -0.278 e. The SMILES string of the molecule is CC(C)c1cccc2sc(N(Cc3ccccn3)C(=O)c3cccc(N4C(=O)CCC4=O)c3)nc12. The number of imide groups is 1. The van der Waals surface area contributed by atoms with Crippen LogP contribution >= 0.6 is 11.3 Å². The van der Waals surface area contributed by atoms with E-state index in [4.69, 9.17) is 4.98 Å². The zero-order chi connectivity index (χ0) is 24.5. The van der Waals surface area contributed by atoms with E-state index in [1.807, 2.05) is 30.3 Å². The highest BCUT2D eigenvalue weighted by Gasteiger charge is 2.31. The van der Waals surface area contributed by atoms with Gasteiger partial charge in [-0.2, -0.15) is 0 Å². The Morgan fingerprint density at radius 1 is 1.03 bits per heavy atom. The summed E-state index contributed by atoms with van der Waals surface area (Å²) in [5, 5.41) is 0.572. The first-order valence-electron chi connectivity index (χ1n) is 11.5. The average Bonchev–Trinajstić information content (AvgIpc) is 3.45. The number of thiazole rings is 1. The Labute approximate surface area is 207 Å². The molecule has 2 aromatic heterocycles. The highest BCUT2D eigenvalue weighted by atomic mass is 32.1. The standard InChI is InChI=1S/C27H24N4O3S/c1-17(2)21-10-6-11-22-25(21)29-27(35-22)30(16-19-8-3-4-14-28-19)26(34)18-7-5-9-20(15-18)31-23(32)12-13-24(31)33/h3-11,14-15,17H,12-13,16H2,1-2H3. The fourth-order valence-electron chi connectivity index (χ4n) is 4.22. The number of hydrogen-bond acceptors (Lipinski definition) is 6. The maximum atomic E-state index is 13.9. The number of carbonyl (C=O) groups is 3. The van der Waals surface area contributed by atoms with Crippen LogP contribution in [0.5, 0.6) is 0 Å². The number of hydrogen-bond donors (Lipinski definition) is 0. The summed E-state index contributed by atoms with van der Waals surface area (Å²) in [7, 11) is 0. The minimum atomic E-state index is -0.276. The summed E-state index contributed by atoms with van der Waals surface area (Å²) in [5.74, 6) is -0.489. The third-order valence-corrected chi connectivity index (χ3v) is 7.03. The number of para-hydroxylation sites is 1. The van der Waals surface area contributed by atoms with Crippen LogP contribution in [0.1, 0.15) is 54.2 Å². The quantitative estimate of drug-likeness (QED) is 0.346. The van der Waals surface area contributed by atoms with Crippen molar-refractivity contribution in [2.75, 3.05) is 9.80 Å². The predicted octanol–water partition coefficient (Wildman–Crippen LogP) is 5.32. The molecule has 0 N–H and O–H groups in total. The molecule has 1 aliphatic heterocycles. The Bertz CT molecular complexity index is 1410. The molecule has 0 bridgehead atoms. The molecular formula is C27H24N4O3S. The van der Waals surface area contributed by atoms with E-state index in [-0.39, 0.29) is 37.1 Å². The number of anilines is 2. The van der Waals surface area contributed by atoms with Crippen LogP contribution in [0.4, 0.5) is 10.8 Å². The van der Waals surface area contributed by atoms with Gasteiger partial charge in [-0.25, -0.2) is 4.98 Å². The van der Waals surface area contributed by atoms with Crippen molar-refractivity contribution in [2.24, 2.45) is 0 Å². The predicted molar refractivity (Wildman–Crippen MR) is 137 cm³/mol. The second kappa shape index (κ2) is 9.38. The number of rotatable bonds is 6. The monoisotopic (exact) mass is 484 g/mol. The van der Waals surface area contributed by atoms with Crippen molar-refractivity contribution in [1.82, 2.24) is 9.97 Å². The van der Waals surface area contributed by atoms with Gasteiger partial charge in [0.2, 0.25) is 11.8 Å². The molecule has 0 aliphatic carbocycles. The summed E-state index contributed by atoms with van der Waals surface area (Å²) >= 11 is 1.46. The summed E-state index contributed by atoms with van der Waals surface area (Å²) < 4.78 is 1.01. The molecule has 0 saturated carbocycles. The van der Waals surface area contributed by atoms with E-state index in [9.17, 15) is 14.4 Å². The molecule has 2 aromatic carbocycles. The molecule has 1 fully saturated rings. The van der Waals surface area contributed by atoms with Crippen molar-refractivity contribution in [2.45, 2.75) is 39.2 Å². The van der Waals surface area contributed by atoms with Crippen molar-refractivity contribution in [3.8, 4) is 0 Å². The van der Waals surface area contributed by atoms with Gasteiger partial charge in [0.15, 0.2) is 5.13 Å². The van der Waals surface area contributed by atoms with Crippen LogP contribution in [-0.4, -0.2) is 27.7 Å². The molecule has 1 saturated heterocycles. The van der Waals surface area contributed by atoms with Gasteiger partial charge in [-0.3, -0.25) is 29.2 Å². The van der Waals surface area contributed by atoms with Crippen LogP contribution in [0, 0.1) is 0 Å². The van der Waals surface area contributed by atoms with E-state index in [0.29, 0.717) is 22.3 Å². The molecular weight excluding hydrogens is 460 g/mol. The van der Waals surface area contributed by atoms with Gasteiger partial charge in [-0.1, -0.05) is 49.4 Å². The first-order valence-corrected chi connectivity index (χ1v) is 12.3. The number of amides is 3. The van der Waals surface area contributed by atoms with Crippen LogP contribution < -0.4 is 9.80 Å². The Morgan fingerprint density at radius 3 is 2.51 bits per heavy atom. The molecule has 35 heavy (non-hydrogen) atoms. The van der Waals surface area contributed by atoms with Gasteiger partial charge in [-0.05, 0) is 47.9 Å². The summed E-state index contributed by atoms with van der Waals surface area (Å²) in [4.78, 5) is 50.4. The van der Waals surface area contributed by atoms with E-state index >= 15 is 0 Å². The summed E-state index contributed by atoms with van der Waals surface area (Å²) in [6.07, 6.45) is 2.07. The van der Waals surface area contributed by atoms with Crippen molar-refractivity contribution >= 4 is 50.1 Å². The summed E-state index contributed by atoms with van der Waals surface area (Å²) in [6.45, 7) is 4.48. The number of fused-ring (bicyclic) bond motifs is 1. The smallest absolute Gasteiger partial charge is 0.260 e. The van der Waals surface area contributed by atoms with Crippen LogP contribution in [-0.2, 0) is 16.1 Å².